The number of rotatable bonds is 2. The Balaban J connectivity index is 3.85. The summed E-state index contributed by atoms with van der Waals surface area (Å²) in [5.41, 5.74) is 0. The van der Waals surface area contributed by atoms with E-state index in [1.54, 1.807) is 0 Å². The lowest BCUT2D eigenvalue weighted by atomic mass is 10.2. The second kappa shape index (κ2) is 5.05. The maximum Gasteiger partial charge on any atom is 0.0709 e. The van der Waals surface area contributed by atoms with Crippen molar-refractivity contribution in [1.82, 2.24) is 0 Å². The zero-order valence-electron chi connectivity index (χ0n) is 6.90. The van der Waals surface area contributed by atoms with Crippen molar-refractivity contribution < 1.29 is 0 Å². The quantitative estimate of drug-likeness (QED) is 0.457. The molecule has 1 unspecified atom stereocenters. The van der Waals surface area contributed by atoms with Crippen LogP contribution in [0.5, 0.6) is 0 Å². The van der Waals surface area contributed by atoms with Crippen molar-refractivity contribution in [3.8, 4) is 11.8 Å². The molecule has 0 aliphatic carbocycles. The molecule has 0 saturated carbocycles. The summed E-state index contributed by atoms with van der Waals surface area (Å²) in [6, 6.07) is 0. The smallest absolute Gasteiger partial charge is 0.0709 e. The molecule has 0 rings (SSSR count). The van der Waals surface area contributed by atoms with E-state index < -0.39 is 0 Å². The Kier molecular flexibility index (Phi) is 5.22. The fourth-order valence-electron chi connectivity index (χ4n) is 0.661. The van der Waals surface area contributed by atoms with Crippen LogP contribution in [-0.4, -0.2) is 16.7 Å². The molecule has 0 radical (unpaired) electrons. The molecule has 0 N–H and O–H groups in total. The molecule has 0 aromatic rings. The van der Waals surface area contributed by atoms with Gasteiger partial charge in [-0.25, -0.2) is 0 Å². The topological polar surface area (TPSA) is 0 Å². The van der Waals surface area contributed by atoms with Crippen LogP contribution in [0.1, 0.15) is 20.8 Å². The van der Waals surface area contributed by atoms with Crippen molar-refractivity contribution in [2.45, 2.75) is 25.5 Å². The van der Waals surface area contributed by atoms with E-state index in [0.717, 1.165) is 11.9 Å². The van der Waals surface area contributed by atoms with E-state index in [1.807, 2.05) is 11.8 Å². The molecular formula is C8H15PS. The van der Waals surface area contributed by atoms with Crippen LogP contribution in [0.2, 0.25) is 0 Å². The zero-order valence-corrected chi connectivity index (χ0v) is 8.87. The molecule has 0 spiro atoms. The van der Waals surface area contributed by atoms with Gasteiger partial charge in [0, 0.05) is 6.16 Å². The van der Waals surface area contributed by atoms with Crippen LogP contribution < -0.4 is 0 Å². The van der Waals surface area contributed by atoms with Gasteiger partial charge in [-0.05, 0) is 19.6 Å². The van der Waals surface area contributed by atoms with Crippen LogP contribution in [0, 0.1) is 11.8 Å². The van der Waals surface area contributed by atoms with E-state index in [4.69, 9.17) is 0 Å². The third-order valence-electron chi connectivity index (χ3n) is 0.997. The normalized spacial score (nSPS) is 10.4. The van der Waals surface area contributed by atoms with Crippen molar-refractivity contribution in [1.29, 1.82) is 0 Å². The minimum atomic E-state index is 0.144. The van der Waals surface area contributed by atoms with Gasteiger partial charge in [0.25, 0.3) is 0 Å². The van der Waals surface area contributed by atoms with Crippen molar-refractivity contribution in [3.05, 3.63) is 0 Å². The highest BCUT2D eigenvalue weighted by Gasteiger charge is 2.11. The molecule has 0 bridgehead atoms. The predicted molar refractivity (Wildman–Crippen MR) is 54.6 cm³/mol. The van der Waals surface area contributed by atoms with Crippen LogP contribution in [0.25, 0.3) is 0 Å². The van der Waals surface area contributed by atoms with Gasteiger partial charge in [-0.3, -0.25) is 0 Å². The Morgan fingerprint density at radius 3 is 2.50 bits per heavy atom. The average molecular weight is 174 g/mol. The highest BCUT2D eigenvalue weighted by atomic mass is 32.2. The first kappa shape index (κ1) is 10.3. The van der Waals surface area contributed by atoms with Crippen molar-refractivity contribution in [2.75, 3.05) is 11.9 Å². The van der Waals surface area contributed by atoms with Gasteiger partial charge in [0.15, 0.2) is 0 Å². The lowest BCUT2D eigenvalue weighted by Crippen LogP contribution is -2.11. The molecule has 0 aromatic heterocycles. The van der Waals surface area contributed by atoms with Crippen LogP contribution in [-0.2, 0) is 0 Å². The van der Waals surface area contributed by atoms with Crippen molar-refractivity contribution >= 4 is 21.0 Å². The molecule has 0 aromatic carbocycles. The van der Waals surface area contributed by atoms with Gasteiger partial charge in [-0.1, -0.05) is 18.8 Å². The summed E-state index contributed by atoms with van der Waals surface area (Å²) in [7, 11) is 2.61. The zero-order chi connectivity index (χ0) is 8.04. The SMILES string of the molecule is CCSC(C)(C)C#CCP. The molecule has 0 heterocycles. The van der Waals surface area contributed by atoms with E-state index in [9.17, 15) is 0 Å². The minimum absolute atomic E-state index is 0.144. The van der Waals surface area contributed by atoms with Crippen molar-refractivity contribution in [3.63, 3.8) is 0 Å². The fraction of sp³-hybridized carbons (Fsp3) is 0.750. The molecule has 0 saturated heterocycles. The summed E-state index contributed by atoms with van der Waals surface area (Å²) in [6.45, 7) is 6.48. The lowest BCUT2D eigenvalue weighted by molar-refractivity contribution is 0.932. The maximum absolute atomic E-state index is 3.20. The monoisotopic (exact) mass is 174 g/mol. The van der Waals surface area contributed by atoms with E-state index in [2.05, 4.69) is 41.9 Å². The van der Waals surface area contributed by atoms with Crippen LogP contribution in [0.3, 0.4) is 0 Å². The summed E-state index contributed by atoms with van der Waals surface area (Å²) in [5.74, 6) is 7.40. The number of hydrogen-bond donors (Lipinski definition) is 0. The first-order valence-corrected chi connectivity index (χ1v) is 5.26. The van der Waals surface area contributed by atoms with Crippen molar-refractivity contribution in [2.24, 2.45) is 0 Å². The molecule has 1 atom stereocenters. The second-order valence-corrected chi connectivity index (χ2v) is 4.74. The van der Waals surface area contributed by atoms with Gasteiger partial charge in [-0.15, -0.1) is 21.0 Å². The van der Waals surface area contributed by atoms with Crippen LogP contribution in [0.15, 0.2) is 0 Å². The summed E-state index contributed by atoms with van der Waals surface area (Å²) in [6.07, 6.45) is 0.883. The fourth-order valence-corrected chi connectivity index (χ4v) is 1.63. The Labute approximate surface area is 70.7 Å². The third-order valence-corrected chi connectivity index (χ3v) is 2.31. The third kappa shape index (κ3) is 5.15. The van der Waals surface area contributed by atoms with Gasteiger partial charge < -0.3 is 0 Å². The van der Waals surface area contributed by atoms with Crippen LogP contribution in [0.4, 0.5) is 0 Å². The molecular weight excluding hydrogens is 159 g/mol. The van der Waals surface area contributed by atoms with E-state index in [1.165, 1.54) is 0 Å². The van der Waals surface area contributed by atoms with Gasteiger partial charge in [0.1, 0.15) is 0 Å². The number of thioether (sulfide) groups is 1. The van der Waals surface area contributed by atoms with Gasteiger partial charge in [-0.2, -0.15) is 0 Å². The molecule has 0 fully saturated rings. The first-order chi connectivity index (χ1) is 4.62. The molecule has 10 heavy (non-hydrogen) atoms. The molecule has 2 heteroatoms. The van der Waals surface area contributed by atoms with Gasteiger partial charge in [0.2, 0.25) is 0 Å². The van der Waals surface area contributed by atoms with E-state index in [0.29, 0.717) is 0 Å². The molecule has 0 amide bonds. The summed E-state index contributed by atoms with van der Waals surface area (Å²) < 4.78 is 0.144. The summed E-state index contributed by atoms with van der Waals surface area (Å²) in [5, 5.41) is 0. The second-order valence-electron chi connectivity index (χ2n) is 2.45. The molecule has 0 aliphatic heterocycles. The Morgan fingerprint density at radius 2 is 2.10 bits per heavy atom. The highest BCUT2D eigenvalue weighted by molar-refractivity contribution is 8.00. The number of hydrogen-bond acceptors (Lipinski definition) is 1. The average Bonchev–Trinajstić information content (AvgIpc) is 1.84. The largest absolute Gasteiger partial charge is 0.143 e. The highest BCUT2D eigenvalue weighted by Crippen LogP contribution is 2.22. The van der Waals surface area contributed by atoms with Crippen LogP contribution >= 0.6 is 21.0 Å². The van der Waals surface area contributed by atoms with Gasteiger partial charge >= 0.3 is 0 Å². The Hall–Kier alpha value is 0.340. The Bertz CT molecular complexity index is 141. The first-order valence-electron chi connectivity index (χ1n) is 3.46. The van der Waals surface area contributed by atoms with E-state index in [-0.39, 0.29) is 4.75 Å². The standard InChI is InChI=1S/C8H15PS/c1-4-10-8(2,3)6-5-7-9/h4,7,9H2,1-3H3. The minimum Gasteiger partial charge on any atom is -0.143 e. The summed E-state index contributed by atoms with van der Waals surface area (Å²) >= 11 is 1.89. The molecule has 0 nitrogen and oxygen atoms in total. The maximum atomic E-state index is 3.20. The van der Waals surface area contributed by atoms with E-state index >= 15 is 0 Å². The van der Waals surface area contributed by atoms with Gasteiger partial charge in [0.05, 0.1) is 4.75 Å². The summed E-state index contributed by atoms with van der Waals surface area (Å²) in [4.78, 5) is 0. The lowest BCUT2D eigenvalue weighted by Gasteiger charge is -2.14. The molecule has 0 aliphatic rings. The molecule has 58 valence electrons. The Morgan fingerprint density at radius 1 is 1.50 bits per heavy atom. The predicted octanol–water partition coefficient (Wildman–Crippen LogP) is 2.40.